The molecular weight excluding hydrogens is 267 g/mol. The third-order valence-corrected chi connectivity index (χ3v) is 3.44. The van der Waals surface area contributed by atoms with Gasteiger partial charge in [0, 0.05) is 18.4 Å². The molecule has 1 aromatic heterocycles. The van der Waals surface area contributed by atoms with Crippen LogP contribution in [0.4, 0.5) is 0 Å². The number of rotatable bonds is 3. The van der Waals surface area contributed by atoms with E-state index < -0.39 is 0 Å². The highest BCUT2D eigenvalue weighted by Gasteiger charge is 2.05. The molecule has 3 rings (SSSR count). The molecule has 0 N–H and O–H groups in total. The van der Waals surface area contributed by atoms with Gasteiger partial charge in [0.05, 0.1) is 14.2 Å². The zero-order chi connectivity index (χ0) is 15.8. The molecule has 0 aliphatic carbocycles. The summed E-state index contributed by atoms with van der Waals surface area (Å²) in [6.07, 6.45) is 5.58. The molecule has 3 heteroatoms. The van der Waals surface area contributed by atoms with Crippen LogP contribution in [-0.2, 0) is 0 Å². The van der Waals surface area contributed by atoms with E-state index in [4.69, 9.17) is 7.85 Å². The third kappa shape index (κ3) is 4.62. The Labute approximate surface area is 134 Å². The summed E-state index contributed by atoms with van der Waals surface area (Å²) in [4.78, 5) is 3.91. The van der Waals surface area contributed by atoms with Crippen LogP contribution in [0, 0.1) is 0 Å². The van der Waals surface area contributed by atoms with E-state index in [0.717, 1.165) is 11.1 Å². The number of benzene rings is 2. The largest absolute Gasteiger partial charge is 0.335 e. The van der Waals surface area contributed by atoms with E-state index >= 15 is 0 Å². The molecular formula is C19H21BN2. The summed E-state index contributed by atoms with van der Waals surface area (Å²) in [5.74, 6) is -0.0163. The Morgan fingerprint density at radius 1 is 0.864 bits per heavy atom. The second-order valence-corrected chi connectivity index (χ2v) is 5.40. The summed E-state index contributed by atoms with van der Waals surface area (Å²) >= 11 is 0. The second kappa shape index (κ2) is 8.23. The van der Waals surface area contributed by atoms with E-state index in [0.29, 0.717) is 6.04 Å². The average Bonchev–Trinajstić information content (AvgIpc) is 3.11. The lowest BCUT2D eigenvalue weighted by Gasteiger charge is -2.12. The van der Waals surface area contributed by atoms with Gasteiger partial charge in [-0.1, -0.05) is 60.7 Å². The Hall–Kier alpha value is -2.29. The highest BCUT2D eigenvalue weighted by molar-refractivity contribution is 6.14. The number of nitrogens with zero attached hydrogens (tertiary/aromatic N) is 2. The van der Waals surface area contributed by atoms with Gasteiger partial charge >= 0.3 is 0 Å². The summed E-state index contributed by atoms with van der Waals surface area (Å²) in [5.41, 5.74) is 2.30. The predicted molar refractivity (Wildman–Crippen MR) is 93.1 cm³/mol. The maximum absolute atomic E-state index is 6.12. The SMILES string of the molecule is CC(C)n1ccnc1.[B]C(c1ccccc1)c1ccccc1. The van der Waals surface area contributed by atoms with Crippen LogP contribution in [0.5, 0.6) is 0 Å². The van der Waals surface area contributed by atoms with E-state index in [1.54, 1.807) is 6.20 Å². The Balaban J connectivity index is 0.000000188. The zero-order valence-corrected chi connectivity index (χ0v) is 13.1. The molecule has 0 unspecified atom stereocenters. The van der Waals surface area contributed by atoms with Crippen molar-refractivity contribution in [2.24, 2.45) is 0 Å². The van der Waals surface area contributed by atoms with E-state index in [2.05, 4.69) is 47.7 Å². The maximum Gasteiger partial charge on any atom is 0.0948 e. The lowest BCUT2D eigenvalue weighted by atomic mass is 9.76. The van der Waals surface area contributed by atoms with Gasteiger partial charge in [-0.3, -0.25) is 0 Å². The number of imidazole rings is 1. The van der Waals surface area contributed by atoms with Crippen molar-refractivity contribution in [1.82, 2.24) is 9.55 Å². The molecule has 0 bridgehead atoms. The highest BCUT2D eigenvalue weighted by atomic mass is 15.0. The quantitative estimate of drug-likeness (QED) is 0.653. The molecule has 0 aliphatic rings. The molecule has 0 amide bonds. The molecule has 0 fully saturated rings. The standard InChI is InChI=1S/C13H11B.C6H10N2/c14-13(11-7-3-1-4-8-11)12-9-5-2-6-10-12;1-6(2)8-4-3-7-5-8/h1-10,13H;3-6H,1-2H3. The van der Waals surface area contributed by atoms with E-state index in [1.807, 2.05) is 48.9 Å². The molecule has 0 aliphatic heterocycles. The fraction of sp³-hybridized carbons (Fsp3) is 0.211. The molecule has 1 heterocycles. The number of hydrogen-bond donors (Lipinski definition) is 0. The first-order valence-corrected chi connectivity index (χ1v) is 7.51. The van der Waals surface area contributed by atoms with Crippen LogP contribution < -0.4 is 0 Å². The number of aromatic nitrogens is 2. The van der Waals surface area contributed by atoms with Crippen molar-refractivity contribution in [3.05, 3.63) is 90.5 Å². The van der Waals surface area contributed by atoms with E-state index in [1.165, 1.54) is 0 Å². The minimum Gasteiger partial charge on any atom is -0.335 e. The van der Waals surface area contributed by atoms with Crippen molar-refractivity contribution in [2.75, 3.05) is 0 Å². The first kappa shape index (κ1) is 16.1. The third-order valence-electron chi connectivity index (χ3n) is 3.44. The van der Waals surface area contributed by atoms with Gasteiger partial charge in [-0.25, -0.2) is 4.98 Å². The summed E-state index contributed by atoms with van der Waals surface area (Å²) in [6.45, 7) is 4.25. The predicted octanol–water partition coefficient (Wildman–Crippen LogP) is 4.41. The summed E-state index contributed by atoms with van der Waals surface area (Å²) in [6, 6.07) is 20.8. The molecule has 0 spiro atoms. The summed E-state index contributed by atoms with van der Waals surface area (Å²) in [5, 5.41) is 0. The Kier molecular flexibility index (Phi) is 6.02. The number of hydrogen-bond acceptors (Lipinski definition) is 1. The second-order valence-electron chi connectivity index (χ2n) is 5.40. The molecule has 110 valence electrons. The van der Waals surface area contributed by atoms with Crippen LogP contribution in [-0.4, -0.2) is 17.4 Å². The van der Waals surface area contributed by atoms with Gasteiger partial charge in [0.15, 0.2) is 0 Å². The van der Waals surface area contributed by atoms with E-state index in [9.17, 15) is 0 Å². The van der Waals surface area contributed by atoms with Gasteiger partial charge in [0.1, 0.15) is 0 Å². The molecule has 2 radical (unpaired) electrons. The van der Waals surface area contributed by atoms with Gasteiger partial charge in [0.25, 0.3) is 0 Å². The van der Waals surface area contributed by atoms with Crippen LogP contribution in [0.3, 0.4) is 0 Å². The van der Waals surface area contributed by atoms with Gasteiger partial charge in [0.2, 0.25) is 0 Å². The van der Waals surface area contributed by atoms with Crippen LogP contribution in [0.2, 0.25) is 0 Å². The lowest BCUT2D eigenvalue weighted by Crippen LogP contribution is -1.99. The van der Waals surface area contributed by atoms with Crippen molar-refractivity contribution in [3.63, 3.8) is 0 Å². The molecule has 0 atom stereocenters. The van der Waals surface area contributed by atoms with Crippen LogP contribution in [0.1, 0.15) is 36.8 Å². The molecule has 0 saturated carbocycles. The molecule has 3 aromatic rings. The molecule has 22 heavy (non-hydrogen) atoms. The van der Waals surface area contributed by atoms with Crippen molar-refractivity contribution in [1.29, 1.82) is 0 Å². The van der Waals surface area contributed by atoms with Crippen molar-refractivity contribution < 1.29 is 0 Å². The first-order chi connectivity index (χ1) is 10.7. The molecule has 0 saturated heterocycles. The van der Waals surface area contributed by atoms with E-state index in [-0.39, 0.29) is 5.82 Å². The molecule has 2 nitrogen and oxygen atoms in total. The lowest BCUT2D eigenvalue weighted by molar-refractivity contribution is 0.600. The van der Waals surface area contributed by atoms with Crippen molar-refractivity contribution >= 4 is 7.85 Å². The topological polar surface area (TPSA) is 17.8 Å². The minimum atomic E-state index is -0.0163. The fourth-order valence-electron chi connectivity index (χ4n) is 2.09. The van der Waals surface area contributed by atoms with Gasteiger partial charge < -0.3 is 4.57 Å². The maximum atomic E-state index is 6.12. The van der Waals surface area contributed by atoms with Gasteiger partial charge in [-0.15, -0.1) is 0 Å². The zero-order valence-electron chi connectivity index (χ0n) is 13.1. The van der Waals surface area contributed by atoms with Crippen LogP contribution >= 0.6 is 0 Å². The first-order valence-electron chi connectivity index (χ1n) is 7.51. The van der Waals surface area contributed by atoms with Crippen molar-refractivity contribution in [2.45, 2.75) is 25.7 Å². The molecule has 2 aromatic carbocycles. The average molecular weight is 288 g/mol. The smallest absolute Gasteiger partial charge is 0.0948 e. The summed E-state index contributed by atoms with van der Waals surface area (Å²) < 4.78 is 2.06. The Morgan fingerprint density at radius 3 is 1.68 bits per heavy atom. The van der Waals surface area contributed by atoms with Crippen molar-refractivity contribution in [3.8, 4) is 0 Å². The van der Waals surface area contributed by atoms with Crippen LogP contribution in [0.15, 0.2) is 79.4 Å². The highest BCUT2D eigenvalue weighted by Crippen LogP contribution is 2.20. The minimum absolute atomic E-state index is 0.0163. The van der Waals surface area contributed by atoms with Gasteiger partial charge in [-0.2, -0.15) is 0 Å². The Bertz CT molecular complexity index is 594. The normalized spacial score (nSPS) is 10.4. The monoisotopic (exact) mass is 288 g/mol. The summed E-state index contributed by atoms with van der Waals surface area (Å²) in [7, 11) is 6.12. The Morgan fingerprint density at radius 2 is 1.36 bits per heavy atom. The van der Waals surface area contributed by atoms with Gasteiger partial charge in [-0.05, 0) is 30.8 Å². The fourth-order valence-corrected chi connectivity index (χ4v) is 2.09. The van der Waals surface area contributed by atoms with Crippen LogP contribution in [0.25, 0.3) is 0 Å².